The van der Waals surface area contributed by atoms with Crippen molar-refractivity contribution in [2.45, 2.75) is 14.7 Å². The maximum Gasteiger partial charge on any atom is 0.296 e. The molecule has 0 spiro atoms. The van der Waals surface area contributed by atoms with E-state index in [2.05, 4.69) is 20.5 Å². The number of anilines is 1. The van der Waals surface area contributed by atoms with Crippen LogP contribution in [0.15, 0.2) is 108 Å². The molecule has 0 aromatic heterocycles. The number of nitrogen functional groups attached to an aromatic ring is 1. The average Bonchev–Trinajstić information content (AvgIpc) is 2.98. The van der Waals surface area contributed by atoms with E-state index in [9.17, 15) is 45.7 Å². The predicted octanol–water partition coefficient (Wildman–Crippen LogP) is 7.08. The first kappa shape index (κ1) is 31.4. The zero-order chi connectivity index (χ0) is 32.7. The van der Waals surface area contributed by atoms with E-state index in [1.165, 1.54) is 36.4 Å². The van der Waals surface area contributed by atoms with Crippen LogP contribution < -0.4 is 5.73 Å². The van der Waals surface area contributed by atoms with Gasteiger partial charge in [0.15, 0.2) is 5.75 Å². The Balaban J connectivity index is 1.63. The Morgan fingerprint density at radius 3 is 1.98 bits per heavy atom. The van der Waals surface area contributed by atoms with Gasteiger partial charge in [0.2, 0.25) is 0 Å². The van der Waals surface area contributed by atoms with Crippen LogP contribution >= 0.6 is 12.0 Å². The van der Waals surface area contributed by atoms with E-state index in [-0.39, 0.29) is 28.1 Å². The predicted molar refractivity (Wildman–Crippen MR) is 164 cm³/mol. The summed E-state index contributed by atoms with van der Waals surface area (Å²) in [4.78, 5) is 8.96. The van der Waals surface area contributed by atoms with Crippen LogP contribution in [0.4, 0.5) is 34.1 Å². The smallest absolute Gasteiger partial charge is 0.296 e. The summed E-state index contributed by atoms with van der Waals surface area (Å²) in [7, 11) is -10.1. The lowest BCUT2D eigenvalue weighted by Crippen LogP contribution is -2.08. The van der Waals surface area contributed by atoms with Gasteiger partial charge in [0.05, 0.1) is 33.1 Å². The van der Waals surface area contributed by atoms with E-state index < -0.39 is 51.8 Å². The SMILES string of the molecule is Nc1c(S(=O)(=O)O)cc(S(=O)(=O)O)c2ccc(/N=N/c3ccc(/N=N/c4cccc([N+](=O)[O-])c4)c4cc(SO)ccc34)c(O)c12. The summed E-state index contributed by atoms with van der Waals surface area (Å²) in [5.74, 6) is -0.796. The second kappa shape index (κ2) is 11.8. The summed E-state index contributed by atoms with van der Waals surface area (Å²) < 4.78 is 76.5. The third kappa shape index (κ3) is 6.29. The van der Waals surface area contributed by atoms with Crippen LogP contribution in [0.2, 0.25) is 0 Å². The summed E-state index contributed by atoms with van der Waals surface area (Å²) >= 11 is 0.471. The van der Waals surface area contributed by atoms with E-state index in [1.807, 2.05) is 0 Å². The summed E-state index contributed by atoms with van der Waals surface area (Å²) in [6.45, 7) is 0. The Kier molecular flexibility index (Phi) is 8.23. The topological polar surface area (TPSA) is 268 Å². The highest BCUT2D eigenvalue weighted by Gasteiger charge is 2.26. The van der Waals surface area contributed by atoms with Crippen LogP contribution in [0.25, 0.3) is 21.5 Å². The minimum atomic E-state index is -5.09. The molecule has 0 unspecified atom stereocenters. The summed E-state index contributed by atoms with van der Waals surface area (Å²) in [5, 5.41) is 38.5. The molecular weight excluding hydrogens is 653 g/mol. The molecule has 5 aromatic carbocycles. The van der Waals surface area contributed by atoms with E-state index in [0.717, 1.165) is 12.1 Å². The number of phenols is 1. The molecule has 0 bridgehead atoms. The molecule has 230 valence electrons. The highest BCUT2D eigenvalue weighted by atomic mass is 32.2. The molecule has 5 rings (SSSR count). The van der Waals surface area contributed by atoms with Gasteiger partial charge >= 0.3 is 0 Å². The Hall–Kier alpha value is -5.05. The third-order valence-electron chi connectivity index (χ3n) is 6.40. The first-order valence-corrected chi connectivity index (χ1v) is 15.8. The number of nitrogens with two attached hydrogens (primary N) is 1. The average molecular weight is 671 g/mol. The molecule has 5 aromatic rings. The summed E-state index contributed by atoms with van der Waals surface area (Å²) in [6.07, 6.45) is 0. The fourth-order valence-corrected chi connectivity index (χ4v) is 6.11. The first-order chi connectivity index (χ1) is 21.2. The molecular formula is C26H18N6O10S3. The molecule has 0 aliphatic heterocycles. The number of azo groups is 2. The quantitative estimate of drug-likeness (QED) is 0.0277. The lowest BCUT2D eigenvalue weighted by molar-refractivity contribution is -0.384. The molecule has 45 heavy (non-hydrogen) atoms. The lowest BCUT2D eigenvalue weighted by atomic mass is 10.1. The molecule has 0 saturated carbocycles. The van der Waals surface area contributed by atoms with E-state index in [1.54, 1.807) is 18.2 Å². The number of fused-ring (bicyclic) bond motifs is 2. The second-order valence-corrected chi connectivity index (χ2v) is 12.6. The van der Waals surface area contributed by atoms with Crippen LogP contribution in [0, 0.1) is 10.1 Å². The van der Waals surface area contributed by atoms with Gasteiger partial charge in [0.25, 0.3) is 25.9 Å². The lowest BCUT2D eigenvalue weighted by Gasteiger charge is -2.13. The van der Waals surface area contributed by atoms with Crippen LogP contribution in [-0.4, -0.2) is 40.5 Å². The number of hydrogen-bond donors (Lipinski definition) is 5. The highest BCUT2D eigenvalue weighted by molar-refractivity contribution is 7.93. The number of benzene rings is 5. The van der Waals surface area contributed by atoms with Gasteiger partial charge in [-0.3, -0.25) is 19.2 Å². The number of hydrogen-bond acceptors (Lipinski definition) is 14. The minimum Gasteiger partial charge on any atom is -0.505 e. The Bertz CT molecular complexity index is 2330. The van der Waals surface area contributed by atoms with Gasteiger partial charge in [0, 0.05) is 45.2 Å². The molecule has 16 nitrogen and oxygen atoms in total. The van der Waals surface area contributed by atoms with Crippen LogP contribution in [0.3, 0.4) is 0 Å². The van der Waals surface area contributed by atoms with Gasteiger partial charge in [0.1, 0.15) is 15.5 Å². The van der Waals surface area contributed by atoms with E-state index >= 15 is 0 Å². The number of nitrogens with zero attached hydrogens (tertiary/aromatic N) is 5. The number of nitro benzene ring substituents is 1. The molecule has 0 saturated heterocycles. The Labute approximate surface area is 257 Å². The molecule has 0 fully saturated rings. The van der Waals surface area contributed by atoms with E-state index in [0.29, 0.717) is 39.5 Å². The van der Waals surface area contributed by atoms with Crippen molar-refractivity contribution in [1.82, 2.24) is 0 Å². The molecule has 0 aliphatic rings. The fourth-order valence-electron chi connectivity index (χ4n) is 4.38. The maximum absolute atomic E-state index is 12.0. The molecule has 0 amide bonds. The van der Waals surface area contributed by atoms with Crippen molar-refractivity contribution in [3.05, 3.63) is 82.9 Å². The standard InChI is InChI=1S/C26H18N6O10S3/c27-25-23(45(40,41)42)12-22(44(37,38)39)17-6-7-21(26(33)24(17)25)31-30-19-8-9-20(18-11-15(43-36)4-5-16(18)19)29-28-13-2-1-3-14(10-13)32(34)35/h1-12,33,36H,27H2,(H,37,38,39)(H,40,41,42)/b29-28+,31-30+. The van der Waals surface area contributed by atoms with E-state index in [4.69, 9.17) is 5.73 Å². The highest BCUT2D eigenvalue weighted by Crippen LogP contribution is 2.44. The Morgan fingerprint density at radius 2 is 1.33 bits per heavy atom. The molecule has 0 radical (unpaired) electrons. The van der Waals surface area contributed by atoms with Crippen LogP contribution in [0.1, 0.15) is 0 Å². The van der Waals surface area contributed by atoms with Crippen LogP contribution in [-0.2, 0) is 20.2 Å². The van der Waals surface area contributed by atoms with Crippen molar-refractivity contribution < 1.29 is 40.5 Å². The Morgan fingerprint density at radius 1 is 0.733 bits per heavy atom. The van der Waals surface area contributed by atoms with Gasteiger partial charge < -0.3 is 15.4 Å². The normalized spacial score (nSPS) is 12.5. The number of aromatic hydroxyl groups is 1. The van der Waals surface area contributed by atoms with Crippen molar-refractivity contribution in [2.24, 2.45) is 20.5 Å². The maximum atomic E-state index is 12.0. The summed E-state index contributed by atoms with van der Waals surface area (Å²) in [5.41, 5.74) is 5.48. The zero-order valence-electron chi connectivity index (χ0n) is 22.2. The van der Waals surface area contributed by atoms with Gasteiger partial charge in [-0.25, -0.2) is 0 Å². The van der Waals surface area contributed by atoms with Crippen molar-refractivity contribution in [1.29, 1.82) is 0 Å². The second-order valence-electron chi connectivity index (χ2n) is 9.17. The third-order valence-corrected chi connectivity index (χ3v) is 8.65. The molecule has 19 heteroatoms. The zero-order valence-corrected chi connectivity index (χ0v) is 24.7. The van der Waals surface area contributed by atoms with Crippen LogP contribution in [0.5, 0.6) is 5.75 Å². The molecule has 6 N–H and O–H groups in total. The van der Waals surface area contributed by atoms with Gasteiger partial charge in [-0.1, -0.05) is 18.2 Å². The first-order valence-electron chi connectivity index (χ1n) is 12.2. The number of non-ortho nitro benzene ring substituents is 1. The molecule has 0 heterocycles. The van der Waals surface area contributed by atoms with Gasteiger partial charge in [-0.15, -0.1) is 15.3 Å². The number of rotatable bonds is 8. The van der Waals surface area contributed by atoms with Gasteiger partial charge in [-0.05, 0) is 42.5 Å². The van der Waals surface area contributed by atoms with Crippen molar-refractivity contribution >= 4 is 87.9 Å². The minimum absolute atomic E-state index is 0.173. The number of nitro groups is 1. The fraction of sp³-hybridized carbons (Fsp3) is 0. The largest absolute Gasteiger partial charge is 0.505 e. The van der Waals surface area contributed by atoms with Gasteiger partial charge in [-0.2, -0.15) is 21.9 Å². The number of phenolic OH excluding ortho intramolecular Hbond substituents is 1. The van der Waals surface area contributed by atoms with Crippen molar-refractivity contribution in [3.63, 3.8) is 0 Å². The summed E-state index contributed by atoms with van der Waals surface area (Å²) in [6, 6.07) is 16.0. The van der Waals surface area contributed by atoms with Crippen molar-refractivity contribution in [2.75, 3.05) is 5.73 Å². The van der Waals surface area contributed by atoms with Crippen molar-refractivity contribution in [3.8, 4) is 5.75 Å². The molecule has 0 atom stereocenters. The monoisotopic (exact) mass is 670 g/mol. The molecule has 0 aliphatic carbocycles.